The highest BCUT2D eigenvalue weighted by molar-refractivity contribution is 6.11. The Bertz CT molecular complexity index is 630. The molecule has 0 amide bonds. The molecule has 0 aromatic heterocycles. The van der Waals surface area contributed by atoms with E-state index in [2.05, 4.69) is 0 Å². The topological polar surface area (TPSA) is 55.8 Å². The molecule has 0 unspecified atom stereocenters. The Balaban J connectivity index is 2.40. The first-order chi connectivity index (χ1) is 9.58. The van der Waals surface area contributed by atoms with Crippen LogP contribution in [0.2, 0.25) is 0 Å². The molecular weight excluding hydrogens is 256 g/mol. The summed E-state index contributed by atoms with van der Waals surface area (Å²) in [5.74, 6) is 0.937. The van der Waals surface area contributed by atoms with Gasteiger partial charge >= 0.3 is 0 Å². The van der Waals surface area contributed by atoms with Gasteiger partial charge in [0.25, 0.3) is 0 Å². The third-order valence-electron chi connectivity index (χ3n) is 3.20. The second-order valence-electron chi connectivity index (χ2n) is 4.35. The van der Waals surface area contributed by atoms with Crippen molar-refractivity contribution in [3.8, 4) is 17.2 Å². The van der Waals surface area contributed by atoms with Crippen molar-refractivity contribution in [1.29, 1.82) is 0 Å². The number of phenolic OH excluding ortho intramolecular Hbond substituents is 1. The lowest BCUT2D eigenvalue weighted by atomic mass is 9.99. The molecule has 0 atom stereocenters. The van der Waals surface area contributed by atoms with Gasteiger partial charge in [-0.25, -0.2) is 0 Å². The normalized spacial score (nSPS) is 10.2. The molecule has 0 saturated carbocycles. The Morgan fingerprint density at radius 1 is 1.00 bits per heavy atom. The first kappa shape index (κ1) is 13.9. The van der Waals surface area contributed by atoms with E-state index in [1.165, 1.54) is 7.11 Å². The fraction of sp³-hybridized carbons (Fsp3) is 0.188. The van der Waals surface area contributed by atoms with Crippen molar-refractivity contribution in [2.24, 2.45) is 0 Å². The van der Waals surface area contributed by atoms with E-state index in [9.17, 15) is 9.90 Å². The average Bonchev–Trinajstić information content (AvgIpc) is 2.49. The molecule has 0 fully saturated rings. The summed E-state index contributed by atoms with van der Waals surface area (Å²) < 4.78 is 10.2. The van der Waals surface area contributed by atoms with Crippen molar-refractivity contribution in [3.63, 3.8) is 0 Å². The molecule has 0 bridgehead atoms. The maximum atomic E-state index is 12.4. The quantitative estimate of drug-likeness (QED) is 0.869. The zero-order valence-electron chi connectivity index (χ0n) is 11.6. The van der Waals surface area contributed by atoms with Crippen molar-refractivity contribution >= 4 is 5.78 Å². The summed E-state index contributed by atoms with van der Waals surface area (Å²) in [5.41, 5.74) is 1.30. The number of rotatable bonds is 4. The van der Waals surface area contributed by atoms with Crippen LogP contribution < -0.4 is 9.47 Å². The molecule has 20 heavy (non-hydrogen) atoms. The number of carbonyl (C=O) groups excluding carboxylic acids is 1. The van der Waals surface area contributed by atoms with Gasteiger partial charge in [-0.15, -0.1) is 0 Å². The summed E-state index contributed by atoms with van der Waals surface area (Å²) in [5, 5.41) is 10.1. The first-order valence-corrected chi connectivity index (χ1v) is 6.13. The summed E-state index contributed by atoms with van der Waals surface area (Å²) in [7, 11) is 3.09. The van der Waals surface area contributed by atoms with Gasteiger partial charge in [-0.1, -0.05) is 0 Å². The van der Waals surface area contributed by atoms with Crippen LogP contribution in [-0.4, -0.2) is 25.1 Å². The number of hydrogen-bond acceptors (Lipinski definition) is 4. The molecule has 2 aromatic rings. The minimum Gasteiger partial charge on any atom is -0.507 e. The maximum Gasteiger partial charge on any atom is 0.196 e. The molecule has 2 rings (SSSR count). The molecule has 104 valence electrons. The Hall–Kier alpha value is -2.49. The average molecular weight is 272 g/mol. The van der Waals surface area contributed by atoms with Gasteiger partial charge in [-0.3, -0.25) is 4.79 Å². The molecule has 4 heteroatoms. The van der Waals surface area contributed by atoms with Crippen molar-refractivity contribution in [2.45, 2.75) is 6.92 Å². The fourth-order valence-electron chi connectivity index (χ4n) is 1.98. The molecule has 0 radical (unpaired) electrons. The molecule has 0 saturated heterocycles. The number of benzene rings is 2. The summed E-state index contributed by atoms with van der Waals surface area (Å²) in [4.78, 5) is 12.4. The van der Waals surface area contributed by atoms with Crippen molar-refractivity contribution in [2.75, 3.05) is 14.2 Å². The van der Waals surface area contributed by atoms with Crippen LogP contribution in [0.4, 0.5) is 0 Å². The molecule has 0 heterocycles. The van der Waals surface area contributed by atoms with Crippen molar-refractivity contribution in [1.82, 2.24) is 0 Å². The first-order valence-electron chi connectivity index (χ1n) is 6.13. The number of carbonyl (C=O) groups is 1. The molecule has 0 aliphatic heterocycles. The largest absolute Gasteiger partial charge is 0.507 e. The van der Waals surface area contributed by atoms with Crippen LogP contribution in [0.3, 0.4) is 0 Å². The molecular formula is C16H16O4. The van der Waals surface area contributed by atoms with E-state index in [0.717, 1.165) is 0 Å². The van der Waals surface area contributed by atoms with Crippen LogP contribution in [0.1, 0.15) is 21.5 Å². The Morgan fingerprint density at radius 3 is 2.20 bits per heavy atom. The predicted octanol–water partition coefficient (Wildman–Crippen LogP) is 2.95. The van der Waals surface area contributed by atoms with E-state index in [-0.39, 0.29) is 17.1 Å². The molecule has 2 aromatic carbocycles. The van der Waals surface area contributed by atoms with Gasteiger partial charge in [0.15, 0.2) is 5.78 Å². The Morgan fingerprint density at radius 2 is 1.65 bits per heavy atom. The number of methoxy groups -OCH3 is 2. The van der Waals surface area contributed by atoms with Gasteiger partial charge in [0, 0.05) is 11.1 Å². The minimum atomic E-state index is -0.240. The number of hydrogen-bond donors (Lipinski definition) is 1. The zero-order valence-corrected chi connectivity index (χ0v) is 11.6. The number of aromatic hydroxyl groups is 1. The van der Waals surface area contributed by atoms with Crippen LogP contribution in [0.15, 0.2) is 36.4 Å². The second-order valence-corrected chi connectivity index (χ2v) is 4.35. The smallest absolute Gasteiger partial charge is 0.196 e. The maximum absolute atomic E-state index is 12.4. The summed E-state index contributed by atoms with van der Waals surface area (Å²) in [6, 6.07) is 9.99. The van der Waals surface area contributed by atoms with Gasteiger partial charge in [0.1, 0.15) is 17.2 Å². The fourth-order valence-corrected chi connectivity index (χ4v) is 1.98. The third-order valence-corrected chi connectivity index (χ3v) is 3.20. The van der Waals surface area contributed by atoms with Gasteiger partial charge in [-0.05, 0) is 43.3 Å². The highest BCUT2D eigenvalue weighted by atomic mass is 16.5. The highest BCUT2D eigenvalue weighted by Crippen LogP contribution is 2.31. The summed E-state index contributed by atoms with van der Waals surface area (Å²) in [6.45, 7) is 1.71. The van der Waals surface area contributed by atoms with Crippen molar-refractivity contribution < 1.29 is 19.4 Å². The predicted molar refractivity (Wildman–Crippen MR) is 75.8 cm³/mol. The van der Waals surface area contributed by atoms with Crippen LogP contribution in [0.5, 0.6) is 17.2 Å². The molecule has 0 aliphatic rings. The van der Waals surface area contributed by atoms with Gasteiger partial charge in [-0.2, -0.15) is 0 Å². The van der Waals surface area contributed by atoms with Gasteiger partial charge in [0.05, 0.1) is 19.8 Å². The van der Waals surface area contributed by atoms with E-state index in [1.807, 2.05) is 0 Å². The van der Waals surface area contributed by atoms with E-state index in [0.29, 0.717) is 22.6 Å². The zero-order chi connectivity index (χ0) is 14.7. The highest BCUT2D eigenvalue weighted by Gasteiger charge is 2.17. The molecule has 1 N–H and O–H groups in total. The van der Waals surface area contributed by atoms with E-state index >= 15 is 0 Å². The summed E-state index contributed by atoms with van der Waals surface area (Å²) in [6.07, 6.45) is 0. The second kappa shape index (κ2) is 5.65. The van der Waals surface area contributed by atoms with E-state index in [1.54, 1.807) is 50.4 Å². The van der Waals surface area contributed by atoms with E-state index < -0.39 is 0 Å². The number of phenols is 1. The van der Waals surface area contributed by atoms with Crippen LogP contribution >= 0.6 is 0 Å². The Kier molecular flexibility index (Phi) is 3.94. The van der Waals surface area contributed by atoms with Crippen LogP contribution in [-0.2, 0) is 0 Å². The SMILES string of the molecule is COc1ccc(C(=O)c2ccc(OC)c(C)c2O)cc1. The lowest BCUT2D eigenvalue weighted by Crippen LogP contribution is -2.03. The van der Waals surface area contributed by atoms with Crippen LogP contribution in [0, 0.1) is 6.92 Å². The van der Waals surface area contributed by atoms with E-state index in [4.69, 9.17) is 9.47 Å². The molecule has 0 aliphatic carbocycles. The van der Waals surface area contributed by atoms with Crippen molar-refractivity contribution in [3.05, 3.63) is 53.1 Å². The lowest BCUT2D eigenvalue weighted by molar-refractivity contribution is 0.103. The number of ketones is 1. The summed E-state index contributed by atoms with van der Waals surface area (Å²) >= 11 is 0. The monoisotopic (exact) mass is 272 g/mol. The molecule has 4 nitrogen and oxygen atoms in total. The van der Waals surface area contributed by atoms with Gasteiger partial charge < -0.3 is 14.6 Å². The molecule has 0 spiro atoms. The Labute approximate surface area is 117 Å². The lowest BCUT2D eigenvalue weighted by Gasteiger charge is -2.10. The standard InChI is InChI=1S/C16H16O4/c1-10-14(20-3)9-8-13(15(10)17)16(18)11-4-6-12(19-2)7-5-11/h4-9,17H,1-3H3. The minimum absolute atomic E-state index is 0.0508. The van der Waals surface area contributed by atoms with Gasteiger partial charge in [0.2, 0.25) is 0 Å². The number of ether oxygens (including phenoxy) is 2. The third kappa shape index (κ3) is 2.45. The van der Waals surface area contributed by atoms with Crippen LogP contribution in [0.25, 0.3) is 0 Å².